The SMILES string of the molecule is CC(=O)C(N)c1ccoc1. The van der Waals surface area contributed by atoms with Crippen LogP contribution in [0.25, 0.3) is 0 Å². The van der Waals surface area contributed by atoms with E-state index in [0.717, 1.165) is 5.56 Å². The third-order valence-corrected chi connectivity index (χ3v) is 1.34. The highest BCUT2D eigenvalue weighted by atomic mass is 16.3. The van der Waals surface area contributed by atoms with Crippen LogP contribution < -0.4 is 5.73 Å². The zero-order valence-corrected chi connectivity index (χ0v) is 5.70. The quantitative estimate of drug-likeness (QED) is 0.661. The van der Waals surface area contributed by atoms with Crippen LogP contribution in [0.4, 0.5) is 0 Å². The maximum atomic E-state index is 10.7. The van der Waals surface area contributed by atoms with Crippen LogP contribution in [0, 0.1) is 0 Å². The fraction of sp³-hybridized carbons (Fsp3) is 0.286. The smallest absolute Gasteiger partial charge is 0.151 e. The third kappa shape index (κ3) is 1.25. The predicted octanol–water partition coefficient (Wildman–Crippen LogP) is 0.868. The zero-order valence-electron chi connectivity index (χ0n) is 5.70. The summed E-state index contributed by atoms with van der Waals surface area (Å²) in [4.78, 5) is 10.7. The van der Waals surface area contributed by atoms with Gasteiger partial charge in [-0.3, -0.25) is 4.79 Å². The molecule has 3 nitrogen and oxygen atoms in total. The summed E-state index contributed by atoms with van der Waals surface area (Å²) in [5.41, 5.74) is 6.20. The Morgan fingerprint density at radius 3 is 2.90 bits per heavy atom. The fourth-order valence-electron chi connectivity index (χ4n) is 0.687. The number of hydrogen-bond donors (Lipinski definition) is 1. The van der Waals surface area contributed by atoms with Gasteiger partial charge in [-0.2, -0.15) is 0 Å². The van der Waals surface area contributed by atoms with Crippen LogP contribution in [0.15, 0.2) is 23.0 Å². The number of nitrogens with two attached hydrogens (primary N) is 1. The van der Waals surface area contributed by atoms with Gasteiger partial charge in [-0.05, 0) is 13.0 Å². The van der Waals surface area contributed by atoms with E-state index in [-0.39, 0.29) is 5.78 Å². The lowest BCUT2D eigenvalue weighted by molar-refractivity contribution is -0.118. The molecule has 1 aromatic rings. The van der Waals surface area contributed by atoms with Crippen LogP contribution in [-0.2, 0) is 4.79 Å². The van der Waals surface area contributed by atoms with Gasteiger partial charge in [0, 0.05) is 5.56 Å². The Morgan fingerprint density at radius 2 is 2.50 bits per heavy atom. The maximum absolute atomic E-state index is 10.7. The lowest BCUT2D eigenvalue weighted by atomic mass is 10.1. The molecule has 0 fully saturated rings. The van der Waals surface area contributed by atoms with E-state index in [4.69, 9.17) is 10.2 Å². The molecule has 3 heteroatoms. The Morgan fingerprint density at radius 1 is 1.80 bits per heavy atom. The summed E-state index contributed by atoms with van der Waals surface area (Å²) >= 11 is 0. The summed E-state index contributed by atoms with van der Waals surface area (Å²) < 4.78 is 4.75. The van der Waals surface area contributed by atoms with Crippen LogP contribution in [0.1, 0.15) is 18.5 Å². The molecular formula is C7H9NO2. The molecule has 1 aromatic heterocycles. The van der Waals surface area contributed by atoms with E-state index in [9.17, 15) is 4.79 Å². The molecule has 0 bridgehead atoms. The van der Waals surface area contributed by atoms with Crippen molar-refractivity contribution in [1.29, 1.82) is 0 Å². The molecule has 0 aliphatic heterocycles. The molecule has 54 valence electrons. The first-order valence-electron chi connectivity index (χ1n) is 3.00. The highest BCUT2D eigenvalue weighted by Crippen LogP contribution is 2.10. The summed E-state index contributed by atoms with van der Waals surface area (Å²) in [7, 11) is 0. The number of Topliss-reactive ketones (excluding diaryl/α,β-unsaturated/α-hetero) is 1. The highest BCUT2D eigenvalue weighted by Gasteiger charge is 2.10. The largest absolute Gasteiger partial charge is 0.472 e. The molecule has 1 atom stereocenters. The number of ketones is 1. The van der Waals surface area contributed by atoms with Gasteiger partial charge >= 0.3 is 0 Å². The van der Waals surface area contributed by atoms with Crippen molar-refractivity contribution in [3.05, 3.63) is 24.2 Å². The van der Waals surface area contributed by atoms with Gasteiger partial charge in [0.25, 0.3) is 0 Å². The van der Waals surface area contributed by atoms with E-state index in [1.165, 1.54) is 19.5 Å². The molecule has 1 heterocycles. The third-order valence-electron chi connectivity index (χ3n) is 1.34. The van der Waals surface area contributed by atoms with Crippen LogP contribution >= 0.6 is 0 Å². The topological polar surface area (TPSA) is 56.2 Å². The minimum Gasteiger partial charge on any atom is -0.472 e. The van der Waals surface area contributed by atoms with E-state index in [0.29, 0.717) is 0 Å². The normalized spacial score (nSPS) is 13.0. The minimum atomic E-state index is -0.529. The molecule has 0 saturated heterocycles. The van der Waals surface area contributed by atoms with Crippen molar-refractivity contribution in [1.82, 2.24) is 0 Å². The van der Waals surface area contributed by atoms with Gasteiger partial charge in [-0.1, -0.05) is 0 Å². The van der Waals surface area contributed by atoms with Crippen LogP contribution in [-0.4, -0.2) is 5.78 Å². The summed E-state index contributed by atoms with van der Waals surface area (Å²) in [6.07, 6.45) is 2.98. The molecule has 2 N–H and O–H groups in total. The molecule has 0 aliphatic rings. The molecule has 1 unspecified atom stereocenters. The molecule has 0 radical (unpaired) electrons. The van der Waals surface area contributed by atoms with Crippen molar-refractivity contribution < 1.29 is 9.21 Å². The number of rotatable bonds is 2. The Kier molecular flexibility index (Phi) is 1.87. The summed E-state index contributed by atoms with van der Waals surface area (Å²) in [6.45, 7) is 1.46. The van der Waals surface area contributed by atoms with Crippen molar-refractivity contribution in [2.45, 2.75) is 13.0 Å². The van der Waals surface area contributed by atoms with Gasteiger partial charge in [0.15, 0.2) is 5.78 Å². The first kappa shape index (κ1) is 7.02. The Labute approximate surface area is 58.8 Å². The molecule has 10 heavy (non-hydrogen) atoms. The Balaban J connectivity index is 2.77. The highest BCUT2D eigenvalue weighted by molar-refractivity contribution is 5.82. The Bertz CT molecular complexity index is 216. The fourth-order valence-corrected chi connectivity index (χ4v) is 0.687. The molecule has 0 aromatic carbocycles. The van der Waals surface area contributed by atoms with Gasteiger partial charge in [0.2, 0.25) is 0 Å². The first-order chi connectivity index (χ1) is 4.72. The average Bonchev–Trinajstić information content (AvgIpc) is 2.36. The maximum Gasteiger partial charge on any atom is 0.151 e. The monoisotopic (exact) mass is 139 g/mol. The number of hydrogen-bond acceptors (Lipinski definition) is 3. The van der Waals surface area contributed by atoms with Crippen LogP contribution in [0.3, 0.4) is 0 Å². The standard InChI is InChI=1S/C7H9NO2/c1-5(9)7(8)6-2-3-10-4-6/h2-4,7H,8H2,1H3. The van der Waals surface area contributed by atoms with Crippen molar-refractivity contribution >= 4 is 5.78 Å². The van der Waals surface area contributed by atoms with E-state index < -0.39 is 6.04 Å². The van der Waals surface area contributed by atoms with Crippen LogP contribution in [0.2, 0.25) is 0 Å². The molecule has 0 amide bonds. The molecular weight excluding hydrogens is 130 g/mol. The predicted molar refractivity (Wildman–Crippen MR) is 36.3 cm³/mol. The van der Waals surface area contributed by atoms with Crippen molar-refractivity contribution in [3.8, 4) is 0 Å². The van der Waals surface area contributed by atoms with Gasteiger partial charge in [-0.15, -0.1) is 0 Å². The van der Waals surface area contributed by atoms with Crippen molar-refractivity contribution in [3.63, 3.8) is 0 Å². The Hall–Kier alpha value is -1.09. The second-order valence-corrected chi connectivity index (χ2v) is 2.15. The lowest BCUT2D eigenvalue weighted by Crippen LogP contribution is -2.17. The molecule has 0 spiro atoms. The summed E-state index contributed by atoms with van der Waals surface area (Å²) in [6, 6.07) is 1.16. The van der Waals surface area contributed by atoms with Gasteiger partial charge < -0.3 is 10.2 Å². The number of carbonyl (C=O) groups is 1. The van der Waals surface area contributed by atoms with Gasteiger partial charge in [0.05, 0.1) is 18.6 Å². The lowest BCUT2D eigenvalue weighted by Gasteiger charge is -2.01. The summed E-state index contributed by atoms with van der Waals surface area (Å²) in [5, 5.41) is 0. The molecule has 0 saturated carbocycles. The second-order valence-electron chi connectivity index (χ2n) is 2.15. The molecule has 1 rings (SSSR count). The minimum absolute atomic E-state index is 0.0543. The van der Waals surface area contributed by atoms with E-state index in [1.807, 2.05) is 0 Å². The number of furan rings is 1. The van der Waals surface area contributed by atoms with Gasteiger partial charge in [0.1, 0.15) is 0 Å². The summed E-state index contributed by atoms with van der Waals surface area (Å²) in [5.74, 6) is -0.0543. The molecule has 0 aliphatic carbocycles. The van der Waals surface area contributed by atoms with E-state index >= 15 is 0 Å². The average molecular weight is 139 g/mol. The van der Waals surface area contributed by atoms with Gasteiger partial charge in [-0.25, -0.2) is 0 Å². The van der Waals surface area contributed by atoms with Crippen molar-refractivity contribution in [2.24, 2.45) is 5.73 Å². The zero-order chi connectivity index (χ0) is 7.56. The van der Waals surface area contributed by atoms with Crippen molar-refractivity contribution in [2.75, 3.05) is 0 Å². The van der Waals surface area contributed by atoms with E-state index in [1.54, 1.807) is 6.07 Å². The number of carbonyl (C=O) groups excluding carboxylic acids is 1. The van der Waals surface area contributed by atoms with E-state index in [2.05, 4.69) is 0 Å². The second kappa shape index (κ2) is 2.66. The first-order valence-corrected chi connectivity index (χ1v) is 3.00. The van der Waals surface area contributed by atoms with Crippen LogP contribution in [0.5, 0.6) is 0 Å².